The van der Waals surface area contributed by atoms with Gasteiger partial charge in [-0.25, -0.2) is 0 Å². The van der Waals surface area contributed by atoms with E-state index in [1.165, 1.54) is 31.3 Å². The summed E-state index contributed by atoms with van der Waals surface area (Å²) in [6.45, 7) is 11.9. The summed E-state index contributed by atoms with van der Waals surface area (Å²) >= 11 is 0. The van der Waals surface area contributed by atoms with Crippen LogP contribution in [0.3, 0.4) is 0 Å². The minimum absolute atomic E-state index is 0.0401. The van der Waals surface area contributed by atoms with E-state index in [9.17, 15) is 4.79 Å². The zero-order valence-electron chi connectivity index (χ0n) is 16.4. The quantitative estimate of drug-likeness (QED) is 0.499. The van der Waals surface area contributed by atoms with E-state index in [2.05, 4.69) is 38.7 Å². The Morgan fingerprint density at radius 1 is 1.23 bits per heavy atom. The van der Waals surface area contributed by atoms with Crippen molar-refractivity contribution in [3.8, 4) is 0 Å². The summed E-state index contributed by atoms with van der Waals surface area (Å²) in [5, 5.41) is 3.00. The minimum Gasteiger partial charge on any atom is -0.321 e. The summed E-state index contributed by atoms with van der Waals surface area (Å²) < 4.78 is 0. The molecule has 1 aliphatic heterocycles. The van der Waals surface area contributed by atoms with Crippen LogP contribution >= 0.6 is 0 Å². The smallest absolute Gasteiger partial charge is 0.256 e. The molecule has 2 aliphatic carbocycles. The van der Waals surface area contributed by atoms with Gasteiger partial charge in [0, 0.05) is 16.8 Å². The number of fused-ring (bicyclic) bond motifs is 2. The highest BCUT2D eigenvalue weighted by Gasteiger charge is 2.52. The van der Waals surface area contributed by atoms with Crippen molar-refractivity contribution in [2.75, 3.05) is 5.32 Å². The molecule has 2 heteroatoms. The Labute approximate surface area is 157 Å². The molecule has 2 nitrogen and oxygen atoms in total. The van der Waals surface area contributed by atoms with Gasteiger partial charge in [0.15, 0.2) is 0 Å². The lowest BCUT2D eigenvalue weighted by Gasteiger charge is -2.58. The fourth-order valence-electron chi connectivity index (χ4n) is 6.29. The van der Waals surface area contributed by atoms with Crippen molar-refractivity contribution in [3.05, 3.63) is 48.1 Å². The molecule has 138 valence electrons. The van der Waals surface area contributed by atoms with Crippen molar-refractivity contribution >= 4 is 17.2 Å². The van der Waals surface area contributed by atoms with Crippen LogP contribution in [0.1, 0.15) is 64.9 Å². The van der Waals surface area contributed by atoms with E-state index in [-0.39, 0.29) is 5.91 Å². The van der Waals surface area contributed by atoms with E-state index in [4.69, 9.17) is 0 Å². The average molecular weight is 350 g/mol. The number of carbonyl (C=O) groups excluding carboxylic acids is 1. The van der Waals surface area contributed by atoms with Crippen molar-refractivity contribution in [1.82, 2.24) is 0 Å². The van der Waals surface area contributed by atoms with E-state index in [1.54, 1.807) is 0 Å². The van der Waals surface area contributed by atoms with Crippen molar-refractivity contribution in [2.24, 2.45) is 22.7 Å². The van der Waals surface area contributed by atoms with Gasteiger partial charge in [0.05, 0.1) is 0 Å². The van der Waals surface area contributed by atoms with Crippen molar-refractivity contribution in [3.63, 3.8) is 0 Å². The first-order valence-electron chi connectivity index (χ1n) is 10.1. The van der Waals surface area contributed by atoms with Crippen LogP contribution in [-0.4, -0.2) is 5.91 Å². The Morgan fingerprint density at radius 2 is 2.00 bits per heavy atom. The highest BCUT2D eigenvalue weighted by atomic mass is 16.2. The summed E-state index contributed by atoms with van der Waals surface area (Å²) in [4.78, 5) is 12.4. The molecule has 0 bridgehead atoms. The molecular weight excluding hydrogens is 318 g/mol. The second kappa shape index (κ2) is 6.11. The third kappa shape index (κ3) is 2.66. The van der Waals surface area contributed by atoms with Crippen LogP contribution in [0.5, 0.6) is 0 Å². The largest absolute Gasteiger partial charge is 0.321 e. The summed E-state index contributed by atoms with van der Waals surface area (Å²) in [6, 6.07) is 8.01. The molecule has 0 aromatic heterocycles. The lowest BCUT2D eigenvalue weighted by Crippen LogP contribution is -2.49. The molecule has 0 saturated heterocycles. The first-order valence-corrected chi connectivity index (χ1v) is 10.1. The number of rotatable bonds is 2. The lowest BCUT2D eigenvalue weighted by molar-refractivity contribution is -0.110. The predicted molar refractivity (Wildman–Crippen MR) is 109 cm³/mol. The molecule has 0 unspecified atom stereocenters. The maximum atomic E-state index is 12.4. The second-order valence-electron chi connectivity index (χ2n) is 9.50. The molecule has 2 fully saturated rings. The molecule has 1 aromatic rings. The van der Waals surface area contributed by atoms with Gasteiger partial charge >= 0.3 is 0 Å². The van der Waals surface area contributed by atoms with Crippen molar-refractivity contribution < 1.29 is 4.79 Å². The van der Waals surface area contributed by atoms with Crippen molar-refractivity contribution in [2.45, 2.75) is 59.3 Å². The van der Waals surface area contributed by atoms with Crippen LogP contribution in [0.4, 0.5) is 5.69 Å². The standard InChI is InChI=1S/C24H31NO/c1-16-10-13-21-23(2,3)14-7-15-24(21,4)19(16)12-11-18-17-8-5-6-9-20(17)25-22(18)26/h5-6,8-9,11,19,21H,1,7,10,12-15H2,2-4H3,(H,25,26)/b18-11+/t19-,21-,24+/m0/s1. The number of benzene rings is 1. The van der Waals surface area contributed by atoms with Gasteiger partial charge in [0.25, 0.3) is 5.91 Å². The van der Waals surface area contributed by atoms with E-state index in [1.807, 2.05) is 24.3 Å². The first kappa shape index (κ1) is 17.6. The number of amides is 1. The van der Waals surface area contributed by atoms with Crippen molar-refractivity contribution in [1.29, 1.82) is 0 Å². The second-order valence-corrected chi connectivity index (χ2v) is 9.50. The topological polar surface area (TPSA) is 29.1 Å². The Hall–Kier alpha value is -1.83. The normalized spacial score (nSPS) is 34.3. The van der Waals surface area contributed by atoms with Crippen LogP contribution in [0, 0.1) is 22.7 Å². The molecule has 1 heterocycles. The van der Waals surface area contributed by atoms with Gasteiger partial charge in [-0.05, 0) is 60.8 Å². The summed E-state index contributed by atoms with van der Waals surface area (Å²) in [5.41, 5.74) is 4.94. The number of allylic oxidation sites excluding steroid dienone is 2. The Balaban J connectivity index is 1.65. The number of anilines is 1. The van der Waals surface area contributed by atoms with Crippen LogP contribution < -0.4 is 5.32 Å². The van der Waals surface area contributed by atoms with Gasteiger partial charge in [-0.1, -0.05) is 63.6 Å². The molecule has 0 radical (unpaired) electrons. The minimum atomic E-state index is 0.0401. The van der Waals surface area contributed by atoms with Gasteiger partial charge in [0.2, 0.25) is 0 Å². The Bertz CT molecular complexity index is 787. The fraction of sp³-hybridized carbons (Fsp3) is 0.542. The van der Waals surface area contributed by atoms with Gasteiger partial charge in [-0.3, -0.25) is 4.79 Å². The van der Waals surface area contributed by atoms with E-state index >= 15 is 0 Å². The number of hydrogen-bond acceptors (Lipinski definition) is 1. The molecule has 0 spiro atoms. The molecule has 1 aromatic carbocycles. The highest BCUT2D eigenvalue weighted by Crippen LogP contribution is 2.61. The predicted octanol–water partition coefficient (Wildman–Crippen LogP) is 6.21. The number of hydrogen-bond donors (Lipinski definition) is 1. The third-order valence-electron chi connectivity index (χ3n) is 7.59. The summed E-state index contributed by atoms with van der Waals surface area (Å²) in [5.74, 6) is 1.27. The zero-order chi connectivity index (χ0) is 18.5. The summed E-state index contributed by atoms with van der Waals surface area (Å²) in [6.07, 6.45) is 9.47. The molecule has 3 atom stereocenters. The van der Waals surface area contributed by atoms with Gasteiger partial charge < -0.3 is 5.32 Å². The number of carbonyl (C=O) groups is 1. The fourth-order valence-corrected chi connectivity index (χ4v) is 6.29. The van der Waals surface area contributed by atoms with E-state index in [0.717, 1.165) is 35.6 Å². The maximum Gasteiger partial charge on any atom is 0.256 e. The molecule has 2 saturated carbocycles. The molecular formula is C24H31NO. The van der Waals surface area contributed by atoms with E-state index in [0.29, 0.717) is 16.7 Å². The van der Waals surface area contributed by atoms with Crippen LogP contribution in [0.25, 0.3) is 5.57 Å². The molecule has 4 rings (SSSR count). The third-order valence-corrected chi connectivity index (χ3v) is 7.59. The Kier molecular flexibility index (Phi) is 4.13. The molecule has 1 N–H and O–H groups in total. The van der Waals surface area contributed by atoms with Crippen LogP contribution in [0.15, 0.2) is 42.5 Å². The van der Waals surface area contributed by atoms with Gasteiger partial charge in [-0.15, -0.1) is 0 Å². The van der Waals surface area contributed by atoms with Crippen LogP contribution in [-0.2, 0) is 4.79 Å². The van der Waals surface area contributed by atoms with Gasteiger partial charge in [-0.2, -0.15) is 0 Å². The average Bonchev–Trinajstić information content (AvgIpc) is 2.89. The highest BCUT2D eigenvalue weighted by molar-refractivity contribution is 6.31. The lowest BCUT2D eigenvalue weighted by atomic mass is 9.47. The monoisotopic (exact) mass is 349 g/mol. The van der Waals surface area contributed by atoms with Crippen LogP contribution in [0.2, 0.25) is 0 Å². The van der Waals surface area contributed by atoms with Gasteiger partial charge in [0.1, 0.15) is 0 Å². The number of para-hydroxylation sites is 1. The first-order chi connectivity index (χ1) is 12.3. The maximum absolute atomic E-state index is 12.4. The number of nitrogens with one attached hydrogen (secondary N) is 1. The molecule has 26 heavy (non-hydrogen) atoms. The SMILES string of the molecule is C=C1CC[C@H]2C(C)(C)CCC[C@]2(C)[C@H]1C/C=C1/C(=O)Nc2ccccc21. The zero-order valence-corrected chi connectivity index (χ0v) is 16.4. The molecule has 1 amide bonds. The Morgan fingerprint density at radius 3 is 2.81 bits per heavy atom. The summed E-state index contributed by atoms with van der Waals surface area (Å²) in [7, 11) is 0. The van der Waals surface area contributed by atoms with E-state index < -0.39 is 0 Å². The molecule has 3 aliphatic rings.